The zero-order valence-corrected chi connectivity index (χ0v) is 17.2. The lowest BCUT2D eigenvalue weighted by molar-refractivity contribution is -0.128. The molecule has 152 valence electrons. The Morgan fingerprint density at radius 1 is 1.00 bits per heavy atom. The van der Waals surface area contributed by atoms with Gasteiger partial charge in [-0.3, -0.25) is 0 Å². The van der Waals surface area contributed by atoms with Crippen LogP contribution in [0, 0.1) is 6.92 Å². The molecule has 7 nitrogen and oxygen atoms in total. The number of hydrogen-bond acceptors (Lipinski definition) is 5. The topological polar surface area (TPSA) is 89.0 Å². The first kappa shape index (κ1) is 21.9. The third-order valence-electron chi connectivity index (χ3n) is 3.70. The highest BCUT2D eigenvalue weighted by Crippen LogP contribution is 2.11. The van der Waals surface area contributed by atoms with Crippen LogP contribution in [-0.4, -0.2) is 40.4 Å². The minimum absolute atomic E-state index is 0.0937. The van der Waals surface area contributed by atoms with Gasteiger partial charge in [0.25, 0.3) is 10.0 Å². The molecule has 0 radical (unpaired) electrons. The van der Waals surface area contributed by atoms with E-state index in [0.717, 1.165) is 5.56 Å². The fourth-order valence-electron chi connectivity index (χ4n) is 2.35. The Kier molecular flexibility index (Phi) is 8.43. The summed E-state index contributed by atoms with van der Waals surface area (Å²) in [4.78, 5) is 4.51. The van der Waals surface area contributed by atoms with Crippen LogP contribution >= 0.6 is 0 Å². The second kappa shape index (κ2) is 10.8. The lowest BCUT2D eigenvalue weighted by Crippen LogP contribution is -2.37. The molecule has 0 spiro atoms. The summed E-state index contributed by atoms with van der Waals surface area (Å²) >= 11 is 0. The van der Waals surface area contributed by atoms with Crippen molar-refractivity contribution in [3.8, 4) is 0 Å². The van der Waals surface area contributed by atoms with Crippen LogP contribution in [0.15, 0.2) is 64.5 Å². The molecule has 0 saturated heterocycles. The molecular weight excluding hydrogens is 378 g/mol. The highest BCUT2D eigenvalue weighted by molar-refractivity contribution is 7.90. The number of aryl methyl sites for hydroxylation is 1. The Bertz CT molecular complexity index is 847. The van der Waals surface area contributed by atoms with Gasteiger partial charge in [-0.1, -0.05) is 35.9 Å². The highest BCUT2D eigenvalue weighted by atomic mass is 32.2. The number of benzene rings is 2. The summed E-state index contributed by atoms with van der Waals surface area (Å²) in [5.74, 6) is 0.0937. The Balaban J connectivity index is 2.23. The van der Waals surface area contributed by atoms with E-state index in [1.165, 1.54) is 0 Å². The first-order valence-corrected chi connectivity index (χ1v) is 10.6. The monoisotopic (exact) mass is 405 g/mol. The van der Waals surface area contributed by atoms with Gasteiger partial charge in [0.1, 0.15) is 0 Å². The van der Waals surface area contributed by atoms with E-state index in [1.807, 2.05) is 51.1 Å². The maximum absolute atomic E-state index is 12.7. The predicted octanol–water partition coefficient (Wildman–Crippen LogP) is 3.14. The molecule has 0 unspecified atom stereocenters. The molecule has 2 aromatic carbocycles. The Morgan fingerprint density at radius 2 is 1.61 bits per heavy atom. The molecule has 0 aliphatic carbocycles. The van der Waals surface area contributed by atoms with Crippen molar-refractivity contribution < 1.29 is 17.9 Å². The van der Waals surface area contributed by atoms with Gasteiger partial charge in [0.2, 0.25) is 5.96 Å². The number of guanidine groups is 1. The number of aliphatic imine (C=N–C) groups is 1. The van der Waals surface area contributed by atoms with Gasteiger partial charge >= 0.3 is 0 Å². The lowest BCUT2D eigenvalue weighted by Gasteiger charge is -2.17. The molecular formula is C20H27N3O4S. The van der Waals surface area contributed by atoms with E-state index in [0.29, 0.717) is 18.9 Å². The number of hydrogen-bond donors (Lipinski definition) is 2. The molecule has 2 N–H and O–H groups in total. The van der Waals surface area contributed by atoms with Crippen molar-refractivity contribution in [1.82, 2.24) is 4.72 Å². The van der Waals surface area contributed by atoms with E-state index in [4.69, 9.17) is 9.47 Å². The molecule has 0 heterocycles. The smallest absolute Gasteiger partial charge is 0.264 e. The molecule has 0 atom stereocenters. The highest BCUT2D eigenvalue weighted by Gasteiger charge is 2.17. The van der Waals surface area contributed by atoms with E-state index >= 15 is 0 Å². The van der Waals surface area contributed by atoms with Gasteiger partial charge in [-0.15, -0.1) is 0 Å². The van der Waals surface area contributed by atoms with Crippen LogP contribution in [0.25, 0.3) is 0 Å². The van der Waals surface area contributed by atoms with Crippen molar-refractivity contribution in [2.75, 3.05) is 25.1 Å². The number of sulfonamides is 1. The third-order valence-corrected chi connectivity index (χ3v) is 5.06. The van der Waals surface area contributed by atoms with Crippen molar-refractivity contribution >= 4 is 21.7 Å². The predicted molar refractivity (Wildman–Crippen MR) is 111 cm³/mol. The molecule has 0 saturated carbocycles. The van der Waals surface area contributed by atoms with E-state index in [9.17, 15) is 8.42 Å². The molecule has 0 aromatic heterocycles. The van der Waals surface area contributed by atoms with Gasteiger partial charge in [-0.25, -0.2) is 18.1 Å². The minimum Gasteiger partial charge on any atom is -0.351 e. The zero-order valence-electron chi connectivity index (χ0n) is 16.4. The van der Waals surface area contributed by atoms with Crippen molar-refractivity contribution in [3.63, 3.8) is 0 Å². The Hall–Kier alpha value is -2.42. The van der Waals surface area contributed by atoms with Crippen LogP contribution in [0.5, 0.6) is 0 Å². The van der Waals surface area contributed by atoms with Crippen LogP contribution in [-0.2, 0) is 19.5 Å². The maximum Gasteiger partial charge on any atom is 0.264 e. The summed E-state index contributed by atoms with van der Waals surface area (Å²) < 4.78 is 39.0. The molecule has 2 aromatic rings. The number of para-hydroxylation sites is 1. The van der Waals surface area contributed by atoms with Crippen LogP contribution in [0.1, 0.15) is 19.4 Å². The van der Waals surface area contributed by atoms with Crippen molar-refractivity contribution in [2.24, 2.45) is 4.99 Å². The van der Waals surface area contributed by atoms with Crippen LogP contribution in [0.2, 0.25) is 0 Å². The largest absolute Gasteiger partial charge is 0.351 e. The van der Waals surface area contributed by atoms with E-state index in [2.05, 4.69) is 15.0 Å². The average molecular weight is 406 g/mol. The second-order valence-electron chi connectivity index (χ2n) is 5.94. The molecule has 0 amide bonds. The summed E-state index contributed by atoms with van der Waals surface area (Å²) in [5.41, 5.74) is 1.68. The molecule has 0 bridgehead atoms. The SMILES string of the molecule is CCOC(CN=C(Nc1ccccc1)NS(=O)(=O)c1ccc(C)cc1)OCC. The number of nitrogens with zero attached hydrogens (tertiary/aromatic N) is 1. The van der Waals surface area contributed by atoms with Gasteiger partial charge < -0.3 is 14.8 Å². The lowest BCUT2D eigenvalue weighted by atomic mass is 10.2. The molecule has 0 aliphatic heterocycles. The van der Waals surface area contributed by atoms with Crippen LogP contribution < -0.4 is 10.0 Å². The fourth-order valence-corrected chi connectivity index (χ4v) is 3.33. The normalized spacial score (nSPS) is 12.2. The standard InChI is InChI=1S/C20H27N3O4S/c1-4-26-19(27-5-2)15-21-20(22-17-9-7-6-8-10-17)23-28(24,25)18-13-11-16(3)12-14-18/h6-14,19H,4-5,15H2,1-3H3,(H2,21,22,23). The van der Waals surface area contributed by atoms with Gasteiger partial charge in [0.05, 0.1) is 11.4 Å². The van der Waals surface area contributed by atoms with E-state index in [-0.39, 0.29) is 17.4 Å². The fraction of sp³-hybridized carbons (Fsp3) is 0.350. The minimum atomic E-state index is -3.79. The Morgan fingerprint density at radius 3 is 2.18 bits per heavy atom. The van der Waals surface area contributed by atoms with Gasteiger partial charge in [-0.2, -0.15) is 0 Å². The number of anilines is 1. The van der Waals surface area contributed by atoms with E-state index < -0.39 is 16.3 Å². The summed E-state index contributed by atoms with van der Waals surface area (Å²) in [6.07, 6.45) is -0.550. The molecule has 28 heavy (non-hydrogen) atoms. The summed E-state index contributed by atoms with van der Waals surface area (Å²) in [6, 6.07) is 15.8. The molecule has 0 fully saturated rings. The first-order chi connectivity index (χ1) is 13.4. The quantitative estimate of drug-likeness (QED) is 0.380. The molecule has 8 heteroatoms. The van der Waals surface area contributed by atoms with Crippen molar-refractivity contribution in [1.29, 1.82) is 0 Å². The summed E-state index contributed by atoms with van der Waals surface area (Å²) in [6.45, 7) is 6.70. The van der Waals surface area contributed by atoms with Gasteiger partial charge in [0, 0.05) is 18.9 Å². The number of ether oxygens (including phenoxy) is 2. The number of nitrogens with one attached hydrogen (secondary N) is 2. The first-order valence-electron chi connectivity index (χ1n) is 9.13. The van der Waals surface area contributed by atoms with E-state index in [1.54, 1.807) is 24.3 Å². The molecule has 2 rings (SSSR count). The van der Waals surface area contributed by atoms with Gasteiger partial charge in [0.15, 0.2) is 6.29 Å². The Labute approximate surface area is 166 Å². The third kappa shape index (κ3) is 6.95. The van der Waals surface area contributed by atoms with Crippen LogP contribution in [0.4, 0.5) is 5.69 Å². The molecule has 0 aliphatic rings. The van der Waals surface area contributed by atoms with Gasteiger partial charge in [-0.05, 0) is 45.0 Å². The second-order valence-corrected chi connectivity index (χ2v) is 7.62. The van der Waals surface area contributed by atoms with Crippen LogP contribution in [0.3, 0.4) is 0 Å². The van der Waals surface area contributed by atoms with Crippen molar-refractivity contribution in [2.45, 2.75) is 32.0 Å². The maximum atomic E-state index is 12.7. The summed E-state index contributed by atoms with van der Waals surface area (Å²) in [7, 11) is -3.79. The zero-order chi connectivity index (χ0) is 20.4. The number of rotatable bonds is 9. The average Bonchev–Trinajstić information content (AvgIpc) is 2.67. The van der Waals surface area contributed by atoms with Crippen molar-refractivity contribution in [3.05, 3.63) is 60.2 Å². The summed E-state index contributed by atoms with van der Waals surface area (Å²) in [5, 5.41) is 3.00.